The highest BCUT2D eigenvalue weighted by Crippen LogP contribution is 2.16. The van der Waals surface area contributed by atoms with E-state index in [1.54, 1.807) is 13.4 Å². The highest BCUT2D eigenvalue weighted by Gasteiger charge is 2.07. The van der Waals surface area contributed by atoms with Gasteiger partial charge >= 0.3 is 0 Å². The Labute approximate surface area is 113 Å². The van der Waals surface area contributed by atoms with Gasteiger partial charge in [-0.05, 0) is 29.8 Å². The van der Waals surface area contributed by atoms with Crippen LogP contribution in [-0.4, -0.2) is 25.3 Å². The largest absolute Gasteiger partial charge is 0.497 e. The number of hydrogen-bond acceptors (Lipinski definition) is 4. The van der Waals surface area contributed by atoms with E-state index < -0.39 is 6.10 Å². The van der Waals surface area contributed by atoms with Crippen LogP contribution < -0.4 is 10.1 Å². The molecule has 0 aliphatic heterocycles. The minimum atomic E-state index is -0.512. The zero-order chi connectivity index (χ0) is 13.5. The smallest absolute Gasteiger partial charge is 0.118 e. The zero-order valence-electron chi connectivity index (χ0n) is 11.0. The summed E-state index contributed by atoms with van der Waals surface area (Å²) in [5.41, 5.74) is 0.881. The summed E-state index contributed by atoms with van der Waals surface area (Å²) in [6, 6.07) is 11.3. The van der Waals surface area contributed by atoms with Crippen LogP contribution in [0, 0.1) is 0 Å². The third kappa shape index (κ3) is 4.12. The second-order valence-corrected chi connectivity index (χ2v) is 4.32. The Morgan fingerprint density at radius 2 is 2.05 bits per heavy atom. The molecule has 0 saturated carbocycles. The Morgan fingerprint density at radius 3 is 2.68 bits per heavy atom. The van der Waals surface area contributed by atoms with Gasteiger partial charge in [0.25, 0.3) is 0 Å². The predicted molar refractivity (Wildman–Crippen MR) is 73.2 cm³/mol. The van der Waals surface area contributed by atoms with Crippen molar-refractivity contribution in [2.24, 2.45) is 0 Å². The number of furan rings is 1. The molecule has 0 amide bonds. The second-order valence-electron chi connectivity index (χ2n) is 4.32. The van der Waals surface area contributed by atoms with E-state index in [0.29, 0.717) is 6.54 Å². The molecule has 1 unspecified atom stereocenters. The van der Waals surface area contributed by atoms with Gasteiger partial charge in [-0.1, -0.05) is 12.1 Å². The lowest BCUT2D eigenvalue weighted by Gasteiger charge is -2.12. The van der Waals surface area contributed by atoms with E-state index in [-0.39, 0.29) is 0 Å². The van der Waals surface area contributed by atoms with Crippen LogP contribution in [0.4, 0.5) is 0 Å². The van der Waals surface area contributed by atoms with Crippen molar-refractivity contribution in [3.63, 3.8) is 0 Å². The summed E-state index contributed by atoms with van der Waals surface area (Å²) >= 11 is 0. The Hall–Kier alpha value is -1.78. The van der Waals surface area contributed by atoms with E-state index in [1.165, 1.54) is 0 Å². The van der Waals surface area contributed by atoms with Crippen LogP contribution in [0.15, 0.2) is 47.1 Å². The van der Waals surface area contributed by atoms with Crippen molar-refractivity contribution in [3.05, 3.63) is 54.0 Å². The molecule has 4 heteroatoms. The normalized spacial score (nSPS) is 12.3. The van der Waals surface area contributed by atoms with Crippen molar-refractivity contribution in [3.8, 4) is 5.75 Å². The van der Waals surface area contributed by atoms with E-state index in [1.807, 2.05) is 36.4 Å². The Balaban J connectivity index is 1.72. The first-order valence-corrected chi connectivity index (χ1v) is 6.34. The third-order valence-corrected chi connectivity index (χ3v) is 2.97. The number of benzene rings is 1. The number of hydrogen-bond donors (Lipinski definition) is 2. The monoisotopic (exact) mass is 261 g/mol. The maximum absolute atomic E-state index is 10.0. The Kier molecular flexibility index (Phi) is 5.01. The molecule has 1 aromatic heterocycles. The molecule has 0 radical (unpaired) electrons. The van der Waals surface area contributed by atoms with E-state index in [4.69, 9.17) is 9.15 Å². The third-order valence-electron chi connectivity index (χ3n) is 2.97. The van der Waals surface area contributed by atoms with E-state index in [9.17, 15) is 5.11 Å². The molecule has 0 fully saturated rings. The van der Waals surface area contributed by atoms with Gasteiger partial charge in [-0.25, -0.2) is 0 Å². The maximum Gasteiger partial charge on any atom is 0.118 e. The van der Waals surface area contributed by atoms with E-state index in [0.717, 1.165) is 30.0 Å². The molecule has 4 nitrogen and oxygen atoms in total. The molecule has 19 heavy (non-hydrogen) atoms. The first-order valence-electron chi connectivity index (χ1n) is 6.34. The number of aliphatic hydroxyl groups is 1. The van der Waals surface area contributed by atoms with Gasteiger partial charge in [0.2, 0.25) is 0 Å². The van der Waals surface area contributed by atoms with Gasteiger partial charge in [0, 0.05) is 19.5 Å². The van der Waals surface area contributed by atoms with Crippen molar-refractivity contribution in [1.29, 1.82) is 0 Å². The quantitative estimate of drug-likeness (QED) is 0.750. The molecule has 1 aromatic carbocycles. The minimum Gasteiger partial charge on any atom is -0.497 e. The summed E-state index contributed by atoms with van der Waals surface area (Å²) in [5, 5.41) is 13.2. The number of aliphatic hydroxyl groups excluding tert-OH is 1. The summed E-state index contributed by atoms with van der Waals surface area (Å²) in [7, 11) is 1.63. The van der Waals surface area contributed by atoms with Crippen LogP contribution >= 0.6 is 0 Å². The first-order chi connectivity index (χ1) is 9.29. The number of nitrogens with one attached hydrogen (secondary N) is 1. The molecule has 0 saturated heterocycles. The van der Waals surface area contributed by atoms with E-state index >= 15 is 0 Å². The van der Waals surface area contributed by atoms with Gasteiger partial charge in [0.1, 0.15) is 11.5 Å². The highest BCUT2D eigenvalue weighted by atomic mass is 16.5. The molecule has 0 spiro atoms. The van der Waals surface area contributed by atoms with Crippen LogP contribution in [0.5, 0.6) is 5.75 Å². The number of rotatable bonds is 7. The lowest BCUT2D eigenvalue weighted by molar-refractivity contribution is 0.175. The van der Waals surface area contributed by atoms with Crippen molar-refractivity contribution in [2.45, 2.75) is 12.5 Å². The van der Waals surface area contributed by atoms with Gasteiger partial charge in [-0.3, -0.25) is 0 Å². The van der Waals surface area contributed by atoms with Crippen molar-refractivity contribution >= 4 is 0 Å². The Morgan fingerprint density at radius 1 is 1.26 bits per heavy atom. The molecule has 2 rings (SSSR count). The van der Waals surface area contributed by atoms with Crippen LogP contribution in [0.2, 0.25) is 0 Å². The molecule has 2 N–H and O–H groups in total. The summed E-state index contributed by atoms with van der Waals surface area (Å²) < 4.78 is 10.3. The standard InChI is InChI=1S/C15H19NO3/c1-18-13-6-4-12(5-7-13)15(17)11-16-9-8-14-3-2-10-19-14/h2-7,10,15-17H,8-9,11H2,1H3. The summed E-state index contributed by atoms with van der Waals surface area (Å²) in [6.45, 7) is 1.30. The summed E-state index contributed by atoms with van der Waals surface area (Å²) in [4.78, 5) is 0. The molecule has 1 heterocycles. The molecule has 0 bridgehead atoms. The van der Waals surface area contributed by atoms with Gasteiger partial charge in [0.15, 0.2) is 0 Å². The summed E-state index contributed by atoms with van der Waals surface area (Å²) in [5.74, 6) is 1.74. The first kappa shape index (κ1) is 13.6. The highest BCUT2D eigenvalue weighted by molar-refractivity contribution is 5.28. The topological polar surface area (TPSA) is 54.6 Å². The molecular weight excluding hydrogens is 242 g/mol. The average molecular weight is 261 g/mol. The molecule has 102 valence electrons. The Bertz CT molecular complexity index is 465. The molecule has 0 aliphatic rings. The maximum atomic E-state index is 10.0. The van der Waals surface area contributed by atoms with Crippen molar-refractivity contribution < 1.29 is 14.3 Å². The molecule has 2 aromatic rings. The van der Waals surface area contributed by atoms with Gasteiger partial charge in [-0.15, -0.1) is 0 Å². The fourth-order valence-corrected chi connectivity index (χ4v) is 1.85. The van der Waals surface area contributed by atoms with E-state index in [2.05, 4.69) is 5.32 Å². The number of methoxy groups -OCH3 is 1. The van der Waals surface area contributed by atoms with Crippen LogP contribution in [-0.2, 0) is 6.42 Å². The number of ether oxygens (including phenoxy) is 1. The van der Waals surface area contributed by atoms with Gasteiger partial charge in [-0.2, -0.15) is 0 Å². The van der Waals surface area contributed by atoms with Gasteiger partial charge in [0.05, 0.1) is 19.5 Å². The second kappa shape index (κ2) is 6.97. The lowest BCUT2D eigenvalue weighted by atomic mass is 10.1. The zero-order valence-corrected chi connectivity index (χ0v) is 11.0. The minimum absolute atomic E-state index is 0.512. The van der Waals surface area contributed by atoms with Crippen LogP contribution in [0.3, 0.4) is 0 Å². The predicted octanol–water partition coefficient (Wildman–Crippen LogP) is 2.15. The fourth-order valence-electron chi connectivity index (χ4n) is 1.85. The molecular formula is C15H19NO3. The fraction of sp³-hybridized carbons (Fsp3) is 0.333. The average Bonchev–Trinajstić information content (AvgIpc) is 2.96. The molecule has 0 aliphatic carbocycles. The van der Waals surface area contributed by atoms with Crippen LogP contribution in [0.1, 0.15) is 17.4 Å². The molecule has 1 atom stereocenters. The van der Waals surface area contributed by atoms with Gasteiger partial charge < -0.3 is 19.6 Å². The summed E-state index contributed by atoms with van der Waals surface area (Å²) in [6.07, 6.45) is 1.98. The van der Waals surface area contributed by atoms with Crippen molar-refractivity contribution in [2.75, 3.05) is 20.2 Å². The SMILES string of the molecule is COc1ccc(C(O)CNCCc2ccco2)cc1. The van der Waals surface area contributed by atoms with Crippen LogP contribution in [0.25, 0.3) is 0 Å². The van der Waals surface area contributed by atoms with Crippen molar-refractivity contribution in [1.82, 2.24) is 5.32 Å². The lowest BCUT2D eigenvalue weighted by Crippen LogP contribution is -2.23.